The number of aliphatic hydroxyl groups excluding tert-OH is 2. The van der Waals surface area contributed by atoms with E-state index in [1.807, 2.05) is 13.8 Å². The fraction of sp³-hybridized carbons (Fsp3) is 0.789. The zero-order valence-corrected chi connectivity index (χ0v) is 15.9. The Hall–Kier alpha value is -1.28. The highest BCUT2D eigenvalue weighted by atomic mass is 16.7. The highest BCUT2D eigenvalue weighted by Gasteiger charge is 2.89. The van der Waals surface area contributed by atoms with E-state index in [0.717, 1.165) is 0 Å². The van der Waals surface area contributed by atoms with Gasteiger partial charge in [-0.1, -0.05) is 27.4 Å². The molecule has 3 rings (SSSR count). The smallest absolute Gasteiger partial charge is 0.337 e. The summed E-state index contributed by atoms with van der Waals surface area (Å²) >= 11 is 0. The number of ether oxygens (including phenoxy) is 2. The fourth-order valence-electron chi connectivity index (χ4n) is 5.02. The lowest BCUT2D eigenvalue weighted by atomic mass is 9.64. The van der Waals surface area contributed by atoms with Crippen molar-refractivity contribution in [3.8, 4) is 0 Å². The second kappa shape index (κ2) is 5.38. The number of ketones is 1. The van der Waals surface area contributed by atoms with Crippen molar-refractivity contribution >= 4 is 11.8 Å². The molecule has 146 valence electrons. The van der Waals surface area contributed by atoms with Gasteiger partial charge in [0.05, 0.1) is 6.61 Å². The second-order valence-electron chi connectivity index (χ2n) is 9.15. The molecule has 7 nitrogen and oxygen atoms in total. The van der Waals surface area contributed by atoms with Gasteiger partial charge < -0.3 is 24.8 Å². The van der Waals surface area contributed by atoms with Crippen LogP contribution < -0.4 is 0 Å². The van der Waals surface area contributed by atoms with E-state index in [4.69, 9.17) is 9.47 Å². The number of aliphatic hydroxyl groups is 3. The van der Waals surface area contributed by atoms with E-state index in [0.29, 0.717) is 6.42 Å². The van der Waals surface area contributed by atoms with Crippen LogP contribution in [0, 0.1) is 17.3 Å². The van der Waals surface area contributed by atoms with E-state index in [1.54, 1.807) is 6.92 Å². The molecule has 0 aromatic rings. The van der Waals surface area contributed by atoms with Gasteiger partial charge in [0.15, 0.2) is 16.8 Å². The molecule has 0 radical (unpaired) electrons. The lowest BCUT2D eigenvalue weighted by molar-refractivity contribution is -0.176. The lowest BCUT2D eigenvalue weighted by Crippen LogP contribution is -2.58. The number of rotatable bonds is 4. The van der Waals surface area contributed by atoms with Crippen molar-refractivity contribution in [1.82, 2.24) is 0 Å². The van der Waals surface area contributed by atoms with E-state index >= 15 is 0 Å². The number of Topliss-reactive ketones (excluding diaryl/α,β-unsaturated/α-hetero) is 1. The number of hydrogen-bond acceptors (Lipinski definition) is 7. The summed E-state index contributed by atoms with van der Waals surface area (Å²) in [5.41, 5.74) is -4.83. The van der Waals surface area contributed by atoms with Crippen LogP contribution in [0.2, 0.25) is 0 Å². The SMILES string of the molecule is C=C(CO)[C@]12O[C@@]13[C@H](CC(C)(C)[C@@H]3OC(=O)C(C)(C)O)[C@H](C)[C@H](O)C2=O. The van der Waals surface area contributed by atoms with Crippen molar-refractivity contribution in [1.29, 1.82) is 0 Å². The average Bonchev–Trinajstić information content (AvgIpc) is 3.18. The minimum atomic E-state index is -1.69. The van der Waals surface area contributed by atoms with E-state index in [1.165, 1.54) is 13.8 Å². The normalized spacial score (nSPS) is 43.5. The van der Waals surface area contributed by atoms with Crippen LogP contribution in [-0.2, 0) is 19.1 Å². The van der Waals surface area contributed by atoms with Crippen LogP contribution in [0.3, 0.4) is 0 Å². The summed E-state index contributed by atoms with van der Waals surface area (Å²) in [6, 6.07) is 0. The molecule has 0 aromatic carbocycles. The van der Waals surface area contributed by atoms with Crippen molar-refractivity contribution in [2.75, 3.05) is 6.61 Å². The summed E-state index contributed by atoms with van der Waals surface area (Å²) in [5.74, 6) is -2.01. The van der Waals surface area contributed by atoms with Crippen LogP contribution in [0.5, 0.6) is 0 Å². The standard InChI is InChI=1S/C19H28O7/c1-9(8-20)18-13(22)12(21)10(2)11-7-16(3,4)14(19(11,18)26-18)25-15(23)17(5,6)24/h10-12,14,20-21,24H,1,7-8H2,2-6H3/t10-,11+,12-,14-,18+,19+/m0/s1. The van der Waals surface area contributed by atoms with Crippen LogP contribution in [0.15, 0.2) is 12.2 Å². The first-order valence-corrected chi connectivity index (χ1v) is 8.92. The molecule has 2 saturated carbocycles. The third-order valence-corrected chi connectivity index (χ3v) is 6.39. The molecule has 26 heavy (non-hydrogen) atoms. The van der Waals surface area contributed by atoms with E-state index in [-0.39, 0.29) is 11.5 Å². The van der Waals surface area contributed by atoms with E-state index < -0.39 is 58.7 Å². The van der Waals surface area contributed by atoms with Gasteiger partial charge in [-0.05, 0) is 31.8 Å². The molecule has 1 heterocycles. The first-order valence-electron chi connectivity index (χ1n) is 8.92. The van der Waals surface area contributed by atoms with Crippen molar-refractivity contribution in [3.05, 3.63) is 12.2 Å². The number of esters is 1. The maximum Gasteiger partial charge on any atom is 0.337 e. The summed E-state index contributed by atoms with van der Waals surface area (Å²) in [5, 5.41) is 30.1. The molecular weight excluding hydrogens is 340 g/mol. The molecule has 3 aliphatic rings. The molecule has 3 N–H and O–H groups in total. The molecule has 6 atom stereocenters. The number of hydrogen-bond donors (Lipinski definition) is 3. The van der Waals surface area contributed by atoms with E-state index in [2.05, 4.69) is 6.58 Å². The van der Waals surface area contributed by atoms with Crippen molar-refractivity contribution in [2.24, 2.45) is 17.3 Å². The Labute approximate surface area is 153 Å². The molecule has 7 heteroatoms. The third-order valence-electron chi connectivity index (χ3n) is 6.39. The topological polar surface area (TPSA) is 117 Å². The summed E-state index contributed by atoms with van der Waals surface area (Å²) in [6.45, 7) is 11.6. The number of carbonyl (C=O) groups is 2. The van der Waals surface area contributed by atoms with Crippen molar-refractivity contribution in [2.45, 2.75) is 70.1 Å². The summed E-state index contributed by atoms with van der Waals surface area (Å²) in [6.07, 6.45) is -1.50. The van der Waals surface area contributed by atoms with Crippen LogP contribution >= 0.6 is 0 Å². The molecule has 2 aliphatic carbocycles. The lowest BCUT2D eigenvalue weighted by Gasteiger charge is -2.38. The Morgan fingerprint density at radius 1 is 1.42 bits per heavy atom. The highest BCUT2D eigenvalue weighted by molar-refractivity contribution is 6.00. The zero-order valence-electron chi connectivity index (χ0n) is 15.9. The van der Waals surface area contributed by atoms with Gasteiger partial charge in [0, 0.05) is 11.3 Å². The fourth-order valence-corrected chi connectivity index (χ4v) is 5.02. The van der Waals surface area contributed by atoms with Gasteiger partial charge in [-0.15, -0.1) is 0 Å². The van der Waals surface area contributed by atoms with Gasteiger partial charge in [-0.2, -0.15) is 0 Å². The van der Waals surface area contributed by atoms with Crippen LogP contribution in [0.1, 0.15) is 41.0 Å². The molecule has 0 amide bonds. The Kier molecular flexibility index (Phi) is 4.03. The summed E-state index contributed by atoms with van der Waals surface area (Å²) in [4.78, 5) is 25.3. The van der Waals surface area contributed by atoms with Gasteiger partial charge in [0.1, 0.15) is 12.2 Å². The molecule has 0 bridgehead atoms. The van der Waals surface area contributed by atoms with Gasteiger partial charge in [-0.3, -0.25) is 4.79 Å². The van der Waals surface area contributed by atoms with Crippen LogP contribution in [0.4, 0.5) is 0 Å². The molecule has 0 aromatic heterocycles. The van der Waals surface area contributed by atoms with Crippen LogP contribution in [-0.4, -0.2) is 62.7 Å². The quantitative estimate of drug-likeness (QED) is 0.372. The minimum absolute atomic E-state index is 0.153. The third kappa shape index (κ3) is 2.14. The van der Waals surface area contributed by atoms with Gasteiger partial charge in [-0.25, -0.2) is 4.79 Å². The highest BCUT2D eigenvalue weighted by Crippen LogP contribution is 2.72. The predicted octanol–water partition coefficient (Wildman–Crippen LogP) is 0.351. The maximum absolute atomic E-state index is 12.9. The first kappa shape index (κ1) is 19.5. The average molecular weight is 368 g/mol. The Morgan fingerprint density at radius 2 is 2.00 bits per heavy atom. The second-order valence-corrected chi connectivity index (χ2v) is 9.15. The molecule has 3 fully saturated rings. The zero-order chi connectivity index (χ0) is 19.9. The van der Waals surface area contributed by atoms with Gasteiger partial charge in [0.2, 0.25) is 5.78 Å². The summed E-state index contributed by atoms with van der Waals surface area (Å²) in [7, 11) is 0. The van der Waals surface area contributed by atoms with Crippen molar-refractivity contribution < 1.29 is 34.4 Å². The Bertz CT molecular complexity index is 676. The predicted molar refractivity (Wildman–Crippen MR) is 91.0 cm³/mol. The molecule has 0 unspecified atom stereocenters. The minimum Gasteiger partial charge on any atom is -0.456 e. The van der Waals surface area contributed by atoms with Crippen molar-refractivity contribution in [3.63, 3.8) is 0 Å². The van der Waals surface area contributed by atoms with E-state index in [9.17, 15) is 24.9 Å². The first-order chi connectivity index (χ1) is 11.8. The maximum atomic E-state index is 12.9. The van der Waals surface area contributed by atoms with Gasteiger partial charge >= 0.3 is 5.97 Å². The number of epoxide rings is 1. The summed E-state index contributed by atoms with van der Waals surface area (Å²) < 4.78 is 11.7. The Balaban J connectivity index is 2.11. The number of carbonyl (C=O) groups excluding carboxylic acids is 2. The molecule has 1 spiro atoms. The molecule has 1 saturated heterocycles. The molecule has 1 aliphatic heterocycles. The largest absolute Gasteiger partial charge is 0.456 e. The molecular formula is C19H28O7. The monoisotopic (exact) mass is 368 g/mol. The van der Waals surface area contributed by atoms with Crippen LogP contribution in [0.25, 0.3) is 0 Å². The van der Waals surface area contributed by atoms with Gasteiger partial charge in [0.25, 0.3) is 0 Å². The Morgan fingerprint density at radius 3 is 2.50 bits per heavy atom.